The molecule has 2 aromatic rings. The van der Waals surface area contributed by atoms with Gasteiger partial charge in [0.05, 0.1) is 11.7 Å². The predicted octanol–water partition coefficient (Wildman–Crippen LogP) is 0.187. The van der Waals surface area contributed by atoms with Gasteiger partial charge in [-0.3, -0.25) is 14.9 Å². The summed E-state index contributed by atoms with van der Waals surface area (Å²) < 4.78 is 5.10. The number of amides is 4. The molecule has 9 heteroatoms. The molecule has 0 bridgehead atoms. The number of phenolic OH excluding ortho intramolecular Hbond substituents is 1. The van der Waals surface area contributed by atoms with Crippen molar-refractivity contribution in [2.75, 3.05) is 11.5 Å². The number of urea groups is 1. The first kappa shape index (κ1) is 18.6. The van der Waals surface area contributed by atoms with Crippen LogP contribution in [-0.4, -0.2) is 35.5 Å². The number of carbonyl (C=O) groups excluding carboxylic acids is 4. The number of carbonyl (C=O) groups is 4. The molecule has 1 saturated heterocycles. The number of ether oxygens (including phenoxy) is 1. The van der Waals surface area contributed by atoms with Crippen LogP contribution in [0.4, 0.5) is 10.5 Å². The minimum atomic E-state index is -1.43. The van der Waals surface area contributed by atoms with E-state index in [2.05, 4.69) is 5.32 Å². The summed E-state index contributed by atoms with van der Waals surface area (Å²) in [4.78, 5) is 48.5. The summed E-state index contributed by atoms with van der Waals surface area (Å²) in [5, 5.41) is 22.0. The maximum absolute atomic E-state index is 12.8. The third-order valence-electron chi connectivity index (χ3n) is 3.77. The Balaban J connectivity index is 1.98. The second kappa shape index (κ2) is 7.62. The Morgan fingerprint density at radius 2 is 1.79 bits per heavy atom. The number of anilines is 1. The van der Waals surface area contributed by atoms with Crippen LogP contribution in [0, 0.1) is 0 Å². The Kier molecular flexibility index (Phi) is 5.07. The number of nitrogens with one attached hydrogen (secondary N) is 1. The van der Waals surface area contributed by atoms with Crippen molar-refractivity contribution in [1.29, 1.82) is 0 Å². The lowest BCUT2D eigenvalue weighted by molar-refractivity contribution is -0.307. The number of benzene rings is 2. The summed E-state index contributed by atoms with van der Waals surface area (Å²) in [5.41, 5.74) is 0.0691. The van der Waals surface area contributed by atoms with Crippen molar-refractivity contribution in [1.82, 2.24) is 5.32 Å². The van der Waals surface area contributed by atoms with Crippen LogP contribution in [-0.2, 0) is 14.4 Å². The number of aromatic hydroxyl groups is 1. The lowest BCUT2D eigenvalue weighted by atomic mass is 10.1. The number of imide groups is 2. The summed E-state index contributed by atoms with van der Waals surface area (Å²) >= 11 is 0. The first-order chi connectivity index (χ1) is 13.4. The van der Waals surface area contributed by atoms with Crippen LogP contribution in [0.15, 0.2) is 54.1 Å². The molecule has 28 heavy (non-hydrogen) atoms. The molecule has 142 valence electrons. The molecule has 1 aliphatic heterocycles. The summed E-state index contributed by atoms with van der Waals surface area (Å²) in [7, 11) is 0. The van der Waals surface area contributed by atoms with Gasteiger partial charge in [-0.2, -0.15) is 0 Å². The molecule has 1 aliphatic rings. The third-order valence-corrected chi connectivity index (χ3v) is 3.77. The minimum Gasteiger partial charge on any atom is -0.546 e. The van der Waals surface area contributed by atoms with Gasteiger partial charge in [-0.1, -0.05) is 18.2 Å². The molecule has 1 fully saturated rings. The van der Waals surface area contributed by atoms with Gasteiger partial charge in [0.1, 0.15) is 23.7 Å². The van der Waals surface area contributed by atoms with Crippen molar-refractivity contribution >= 4 is 35.6 Å². The first-order valence-corrected chi connectivity index (χ1v) is 7.99. The van der Waals surface area contributed by atoms with E-state index in [-0.39, 0.29) is 28.3 Å². The molecule has 2 N–H and O–H groups in total. The van der Waals surface area contributed by atoms with Crippen LogP contribution in [0.3, 0.4) is 0 Å². The third kappa shape index (κ3) is 3.83. The zero-order chi connectivity index (χ0) is 20.3. The highest BCUT2D eigenvalue weighted by Gasteiger charge is 2.36. The Hall–Kier alpha value is -4.14. The van der Waals surface area contributed by atoms with Crippen LogP contribution in [0.25, 0.3) is 6.08 Å². The van der Waals surface area contributed by atoms with Gasteiger partial charge in [-0.25, -0.2) is 9.69 Å². The van der Waals surface area contributed by atoms with Crippen molar-refractivity contribution in [3.8, 4) is 11.5 Å². The molecule has 0 spiro atoms. The van der Waals surface area contributed by atoms with Gasteiger partial charge in [-0.05, 0) is 36.4 Å². The first-order valence-electron chi connectivity index (χ1n) is 7.99. The number of phenols is 1. The fourth-order valence-corrected chi connectivity index (χ4v) is 2.52. The highest BCUT2D eigenvalue weighted by Crippen LogP contribution is 2.26. The second-order valence-electron chi connectivity index (χ2n) is 5.67. The number of para-hydroxylation sites is 1. The molecular weight excluding hydrogens is 368 g/mol. The van der Waals surface area contributed by atoms with Gasteiger partial charge in [0, 0.05) is 5.56 Å². The van der Waals surface area contributed by atoms with Gasteiger partial charge in [0.2, 0.25) is 0 Å². The summed E-state index contributed by atoms with van der Waals surface area (Å²) in [6.07, 6.45) is 1.20. The lowest BCUT2D eigenvalue weighted by Gasteiger charge is -2.26. The molecule has 4 amide bonds. The van der Waals surface area contributed by atoms with Gasteiger partial charge < -0.3 is 19.7 Å². The fourth-order valence-electron chi connectivity index (χ4n) is 2.52. The van der Waals surface area contributed by atoms with Crippen LogP contribution < -0.4 is 20.1 Å². The number of nitrogens with zero attached hydrogens (tertiary/aromatic N) is 1. The normalized spacial score (nSPS) is 15.5. The predicted molar refractivity (Wildman–Crippen MR) is 94.1 cm³/mol. The van der Waals surface area contributed by atoms with E-state index in [1.165, 1.54) is 42.5 Å². The van der Waals surface area contributed by atoms with Gasteiger partial charge in [-0.15, -0.1) is 0 Å². The lowest BCUT2D eigenvalue weighted by Crippen LogP contribution is -2.54. The molecule has 9 nitrogen and oxygen atoms in total. The zero-order valence-electron chi connectivity index (χ0n) is 14.2. The molecule has 0 saturated carbocycles. The number of hydrogen-bond donors (Lipinski definition) is 2. The van der Waals surface area contributed by atoms with E-state index < -0.39 is 30.4 Å². The van der Waals surface area contributed by atoms with Gasteiger partial charge in [0.15, 0.2) is 0 Å². The number of barbiturate groups is 1. The highest BCUT2D eigenvalue weighted by molar-refractivity contribution is 6.39. The SMILES string of the molecule is O=C([O-])COc1ccccc1/C=C1\C(=O)NC(=O)N(c2ccc(O)cc2)C1=O. The Morgan fingerprint density at radius 1 is 1.11 bits per heavy atom. The zero-order valence-corrected chi connectivity index (χ0v) is 14.2. The quantitative estimate of drug-likeness (QED) is 0.557. The maximum Gasteiger partial charge on any atom is 0.335 e. The molecule has 2 aromatic carbocycles. The van der Waals surface area contributed by atoms with Crippen LogP contribution in [0.2, 0.25) is 0 Å². The molecule has 0 aliphatic carbocycles. The molecule has 0 atom stereocenters. The van der Waals surface area contributed by atoms with E-state index in [9.17, 15) is 29.4 Å². The van der Waals surface area contributed by atoms with Crippen LogP contribution in [0.1, 0.15) is 5.56 Å². The molecule has 3 rings (SSSR count). The Bertz CT molecular complexity index is 996. The van der Waals surface area contributed by atoms with E-state index in [1.54, 1.807) is 12.1 Å². The van der Waals surface area contributed by atoms with Crippen molar-refractivity contribution in [3.05, 3.63) is 59.7 Å². The monoisotopic (exact) mass is 381 g/mol. The largest absolute Gasteiger partial charge is 0.546 e. The Labute approximate surface area is 158 Å². The van der Waals surface area contributed by atoms with E-state index in [1.807, 2.05) is 0 Å². The van der Waals surface area contributed by atoms with Crippen LogP contribution >= 0.6 is 0 Å². The van der Waals surface area contributed by atoms with E-state index >= 15 is 0 Å². The van der Waals surface area contributed by atoms with Crippen molar-refractivity contribution < 1.29 is 34.1 Å². The number of carboxylic acid groups (broad SMARTS) is 1. The second-order valence-corrected chi connectivity index (χ2v) is 5.67. The number of carboxylic acids is 1. The topological polar surface area (TPSA) is 136 Å². The maximum atomic E-state index is 12.8. The fraction of sp³-hybridized carbons (Fsp3) is 0.0526. The Morgan fingerprint density at radius 3 is 2.46 bits per heavy atom. The van der Waals surface area contributed by atoms with Crippen molar-refractivity contribution in [2.24, 2.45) is 0 Å². The van der Waals surface area contributed by atoms with E-state index in [0.29, 0.717) is 0 Å². The van der Waals surface area contributed by atoms with E-state index in [0.717, 1.165) is 4.90 Å². The molecule has 0 radical (unpaired) electrons. The van der Waals surface area contributed by atoms with Crippen molar-refractivity contribution in [2.45, 2.75) is 0 Å². The summed E-state index contributed by atoms with van der Waals surface area (Å²) in [5.74, 6) is -3.15. The summed E-state index contributed by atoms with van der Waals surface area (Å²) in [6.45, 7) is -0.710. The minimum absolute atomic E-state index is 0.0561. The average molecular weight is 381 g/mol. The van der Waals surface area contributed by atoms with Gasteiger partial charge >= 0.3 is 6.03 Å². The molecule has 1 heterocycles. The average Bonchev–Trinajstić information content (AvgIpc) is 2.65. The van der Waals surface area contributed by atoms with Crippen LogP contribution in [0.5, 0.6) is 11.5 Å². The smallest absolute Gasteiger partial charge is 0.335 e. The van der Waals surface area contributed by atoms with Gasteiger partial charge in [0.25, 0.3) is 11.8 Å². The molecule has 0 unspecified atom stereocenters. The number of aliphatic carboxylic acids is 1. The standard InChI is InChI=1S/C19H14N2O7/c22-13-7-5-12(6-8-13)21-18(26)14(17(25)20-19(21)27)9-11-3-1-2-4-15(11)28-10-16(23)24/h1-9,22H,10H2,(H,23,24)(H,20,25,27)/p-1/b14-9+. The molecule has 0 aromatic heterocycles. The number of hydrogen-bond acceptors (Lipinski definition) is 7. The number of rotatable bonds is 5. The van der Waals surface area contributed by atoms with E-state index in [4.69, 9.17) is 4.74 Å². The summed E-state index contributed by atoms with van der Waals surface area (Å²) in [6, 6.07) is 10.5. The molecular formula is C19H13N2O7-. The highest BCUT2D eigenvalue weighted by atomic mass is 16.5. The van der Waals surface area contributed by atoms with Crippen molar-refractivity contribution in [3.63, 3.8) is 0 Å².